The predicted molar refractivity (Wildman–Crippen MR) is 107 cm³/mol. The van der Waals surface area contributed by atoms with Crippen molar-refractivity contribution in [1.29, 1.82) is 0 Å². The van der Waals surface area contributed by atoms with Gasteiger partial charge < -0.3 is 10.1 Å². The van der Waals surface area contributed by atoms with E-state index < -0.39 is 20.9 Å². The SMILES string of the molecule is COc1ccc(C(=O)Nc2ccc(C)c([N+](=O)[O-])c2)cc1S(=O)(=O)N1CCCC1. The molecule has 0 spiro atoms. The number of hydrogen-bond acceptors (Lipinski definition) is 6. The van der Waals surface area contributed by atoms with Crippen LogP contribution in [-0.2, 0) is 10.0 Å². The number of hydrogen-bond donors (Lipinski definition) is 1. The van der Waals surface area contributed by atoms with E-state index >= 15 is 0 Å². The molecule has 29 heavy (non-hydrogen) atoms. The fourth-order valence-electron chi connectivity index (χ4n) is 3.17. The van der Waals surface area contributed by atoms with Crippen molar-refractivity contribution in [2.75, 3.05) is 25.5 Å². The van der Waals surface area contributed by atoms with E-state index in [1.165, 1.54) is 41.7 Å². The van der Waals surface area contributed by atoms with Gasteiger partial charge >= 0.3 is 0 Å². The molecular formula is C19H21N3O6S. The third kappa shape index (κ3) is 4.22. The lowest BCUT2D eigenvalue weighted by Crippen LogP contribution is -2.28. The van der Waals surface area contributed by atoms with Crippen LogP contribution in [0.5, 0.6) is 5.75 Å². The Morgan fingerprint density at radius 1 is 1.17 bits per heavy atom. The number of anilines is 1. The van der Waals surface area contributed by atoms with E-state index in [1.807, 2.05) is 0 Å². The molecular weight excluding hydrogens is 398 g/mol. The van der Waals surface area contributed by atoms with E-state index in [2.05, 4.69) is 5.32 Å². The van der Waals surface area contributed by atoms with Gasteiger partial charge in [0.05, 0.1) is 12.0 Å². The van der Waals surface area contributed by atoms with Crippen molar-refractivity contribution in [3.63, 3.8) is 0 Å². The number of sulfonamides is 1. The molecule has 1 N–H and O–H groups in total. The monoisotopic (exact) mass is 419 g/mol. The maximum absolute atomic E-state index is 12.9. The van der Waals surface area contributed by atoms with Crippen LogP contribution in [0.1, 0.15) is 28.8 Å². The summed E-state index contributed by atoms with van der Waals surface area (Å²) in [5.74, 6) is -0.428. The average molecular weight is 419 g/mol. The zero-order valence-electron chi connectivity index (χ0n) is 16.0. The molecule has 3 rings (SSSR count). The van der Waals surface area contributed by atoms with Crippen molar-refractivity contribution in [1.82, 2.24) is 4.31 Å². The summed E-state index contributed by atoms with van der Waals surface area (Å²) >= 11 is 0. The second kappa shape index (κ2) is 8.18. The maximum Gasteiger partial charge on any atom is 0.274 e. The summed E-state index contributed by atoms with van der Waals surface area (Å²) in [4.78, 5) is 23.1. The first-order valence-electron chi connectivity index (χ1n) is 8.98. The van der Waals surface area contributed by atoms with Gasteiger partial charge in [-0.1, -0.05) is 6.07 Å². The van der Waals surface area contributed by atoms with Crippen LogP contribution in [0.25, 0.3) is 0 Å². The van der Waals surface area contributed by atoms with Crippen LogP contribution in [0.4, 0.5) is 11.4 Å². The first kappa shape index (κ1) is 20.7. The van der Waals surface area contributed by atoms with Gasteiger partial charge in [-0.2, -0.15) is 4.31 Å². The number of ether oxygens (including phenoxy) is 1. The minimum absolute atomic E-state index is 0.0792. The lowest BCUT2D eigenvalue weighted by molar-refractivity contribution is -0.385. The molecule has 1 aliphatic heterocycles. The average Bonchev–Trinajstić information content (AvgIpc) is 3.24. The van der Waals surface area contributed by atoms with Crippen LogP contribution in [0.15, 0.2) is 41.3 Å². The lowest BCUT2D eigenvalue weighted by Gasteiger charge is -2.18. The molecule has 0 unspecified atom stereocenters. The molecule has 154 valence electrons. The molecule has 0 atom stereocenters. The van der Waals surface area contributed by atoms with Gasteiger partial charge in [-0.3, -0.25) is 14.9 Å². The van der Waals surface area contributed by atoms with Crippen molar-refractivity contribution in [3.05, 3.63) is 57.6 Å². The predicted octanol–water partition coefficient (Wildman–Crippen LogP) is 2.95. The molecule has 1 fully saturated rings. The first-order chi connectivity index (χ1) is 13.7. The molecule has 1 amide bonds. The Kier molecular flexibility index (Phi) is 5.85. The van der Waals surface area contributed by atoms with Crippen LogP contribution in [0.2, 0.25) is 0 Å². The molecule has 0 aliphatic carbocycles. The molecule has 1 saturated heterocycles. The topological polar surface area (TPSA) is 119 Å². The Bertz CT molecular complexity index is 1060. The number of nitrogens with zero attached hydrogens (tertiary/aromatic N) is 2. The number of aryl methyl sites for hydroxylation is 1. The summed E-state index contributed by atoms with van der Waals surface area (Å²) < 4.78 is 32.4. The number of carbonyl (C=O) groups excluding carboxylic acids is 1. The molecule has 10 heteroatoms. The second-order valence-electron chi connectivity index (χ2n) is 6.69. The number of nitrogens with one attached hydrogen (secondary N) is 1. The van der Waals surface area contributed by atoms with Crippen LogP contribution in [0, 0.1) is 17.0 Å². The number of benzene rings is 2. The number of carbonyl (C=O) groups is 1. The highest BCUT2D eigenvalue weighted by Crippen LogP contribution is 2.30. The lowest BCUT2D eigenvalue weighted by atomic mass is 10.1. The van der Waals surface area contributed by atoms with Crippen molar-refractivity contribution < 1.29 is 22.9 Å². The van der Waals surface area contributed by atoms with Crippen molar-refractivity contribution in [2.45, 2.75) is 24.7 Å². The van der Waals surface area contributed by atoms with Gasteiger partial charge in [-0.15, -0.1) is 0 Å². The molecule has 1 heterocycles. The van der Waals surface area contributed by atoms with E-state index in [0.29, 0.717) is 18.7 Å². The van der Waals surface area contributed by atoms with E-state index in [1.54, 1.807) is 13.0 Å². The summed E-state index contributed by atoms with van der Waals surface area (Å²) in [6.07, 6.45) is 1.57. The van der Waals surface area contributed by atoms with Gasteiger partial charge in [0, 0.05) is 36.0 Å². The first-order valence-corrected chi connectivity index (χ1v) is 10.4. The van der Waals surface area contributed by atoms with Crippen molar-refractivity contribution >= 4 is 27.3 Å². The Balaban J connectivity index is 1.92. The Hall–Kier alpha value is -2.98. The molecule has 0 aromatic heterocycles. The van der Waals surface area contributed by atoms with E-state index in [-0.39, 0.29) is 27.6 Å². The fraction of sp³-hybridized carbons (Fsp3) is 0.316. The van der Waals surface area contributed by atoms with E-state index in [4.69, 9.17) is 4.74 Å². The van der Waals surface area contributed by atoms with Crippen LogP contribution >= 0.6 is 0 Å². The van der Waals surface area contributed by atoms with Gasteiger partial charge in [0.1, 0.15) is 10.6 Å². The van der Waals surface area contributed by atoms with Crippen LogP contribution < -0.4 is 10.1 Å². The third-order valence-corrected chi connectivity index (χ3v) is 6.69. The van der Waals surface area contributed by atoms with Crippen molar-refractivity contribution in [2.24, 2.45) is 0 Å². The largest absolute Gasteiger partial charge is 0.495 e. The standard InChI is InChI=1S/C19H21N3O6S/c1-13-5-7-15(12-16(13)22(24)25)20-19(23)14-6-8-17(28-2)18(11-14)29(26,27)21-9-3-4-10-21/h5-8,11-12H,3-4,9-10H2,1-2H3,(H,20,23). The number of nitro groups is 1. The smallest absolute Gasteiger partial charge is 0.274 e. The minimum Gasteiger partial charge on any atom is -0.495 e. The highest BCUT2D eigenvalue weighted by molar-refractivity contribution is 7.89. The van der Waals surface area contributed by atoms with Gasteiger partial charge in [0.25, 0.3) is 11.6 Å². The number of nitro benzene ring substituents is 1. The second-order valence-corrected chi connectivity index (χ2v) is 8.60. The van der Waals surface area contributed by atoms with E-state index in [0.717, 1.165) is 12.8 Å². The van der Waals surface area contributed by atoms with Gasteiger partial charge in [0.15, 0.2) is 0 Å². The fourth-order valence-corrected chi connectivity index (χ4v) is 4.87. The van der Waals surface area contributed by atoms with Gasteiger partial charge in [-0.25, -0.2) is 8.42 Å². The Morgan fingerprint density at radius 2 is 1.86 bits per heavy atom. The summed E-state index contributed by atoms with van der Waals surface area (Å²) in [5.41, 5.74) is 0.699. The van der Waals surface area contributed by atoms with Gasteiger partial charge in [-0.05, 0) is 44.0 Å². The summed E-state index contributed by atoms with van der Waals surface area (Å²) in [6, 6.07) is 8.48. The zero-order chi connectivity index (χ0) is 21.2. The zero-order valence-corrected chi connectivity index (χ0v) is 16.9. The maximum atomic E-state index is 12.9. The molecule has 0 radical (unpaired) electrons. The summed E-state index contributed by atoms with van der Waals surface area (Å²) in [6.45, 7) is 2.45. The van der Waals surface area contributed by atoms with E-state index in [9.17, 15) is 23.3 Å². The number of amides is 1. The van der Waals surface area contributed by atoms with Crippen molar-refractivity contribution in [3.8, 4) is 5.75 Å². The molecule has 0 saturated carbocycles. The molecule has 1 aliphatic rings. The molecule has 9 nitrogen and oxygen atoms in total. The summed E-state index contributed by atoms with van der Waals surface area (Å²) in [5, 5.41) is 13.7. The highest BCUT2D eigenvalue weighted by Gasteiger charge is 2.30. The third-order valence-electron chi connectivity index (χ3n) is 4.77. The molecule has 2 aromatic carbocycles. The van der Waals surface area contributed by atoms with Gasteiger partial charge in [0.2, 0.25) is 10.0 Å². The minimum atomic E-state index is -3.79. The van der Waals surface area contributed by atoms with Crippen LogP contribution in [0.3, 0.4) is 0 Å². The molecule has 0 bridgehead atoms. The Labute approximate surface area is 168 Å². The highest BCUT2D eigenvalue weighted by atomic mass is 32.2. The normalized spacial score (nSPS) is 14.6. The Morgan fingerprint density at radius 3 is 2.48 bits per heavy atom. The van der Waals surface area contributed by atoms with Crippen LogP contribution in [-0.4, -0.2) is 43.8 Å². The number of rotatable bonds is 6. The quantitative estimate of drug-likeness (QED) is 0.568. The number of methoxy groups -OCH3 is 1. The molecule has 2 aromatic rings. The summed E-state index contributed by atoms with van der Waals surface area (Å²) in [7, 11) is -2.43.